The molecule has 3 aromatic rings. The number of nitrogens with one attached hydrogen (secondary N) is 2. The summed E-state index contributed by atoms with van der Waals surface area (Å²) in [5, 5.41) is 5.67. The van der Waals surface area contributed by atoms with Crippen LogP contribution in [0.3, 0.4) is 0 Å². The summed E-state index contributed by atoms with van der Waals surface area (Å²) >= 11 is 3.40. The largest absolute Gasteiger partial charge is 0.326 e. The van der Waals surface area contributed by atoms with Crippen molar-refractivity contribution in [1.82, 2.24) is 4.98 Å². The second-order valence-electron chi connectivity index (χ2n) is 5.85. The number of aryl methyl sites for hydroxylation is 1. The second-order valence-corrected chi connectivity index (χ2v) is 6.76. The van der Waals surface area contributed by atoms with E-state index in [0.29, 0.717) is 17.9 Å². The van der Waals surface area contributed by atoms with E-state index in [4.69, 9.17) is 5.73 Å². The lowest BCUT2D eigenvalue weighted by Gasteiger charge is -2.12. The molecule has 3 rings (SSSR count). The van der Waals surface area contributed by atoms with Crippen LogP contribution in [0.4, 0.5) is 16.2 Å². The highest BCUT2D eigenvalue weighted by atomic mass is 79.9. The number of hydrogen-bond acceptors (Lipinski definition) is 3. The van der Waals surface area contributed by atoms with E-state index < -0.39 is 0 Å². The first-order valence-electron chi connectivity index (χ1n) is 8.15. The average Bonchev–Trinajstić information content (AvgIpc) is 2.62. The maximum Gasteiger partial charge on any atom is 0.323 e. The fourth-order valence-electron chi connectivity index (χ4n) is 2.60. The van der Waals surface area contributed by atoms with Gasteiger partial charge >= 0.3 is 6.03 Å². The molecule has 2 amide bonds. The molecule has 0 saturated carbocycles. The van der Waals surface area contributed by atoms with Crippen LogP contribution in [0.1, 0.15) is 11.3 Å². The van der Waals surface area contributed by atoms with Crippen molar-refractivity contribution in [3.05, 3.63) is 76.5 Å². The number of pyridine rings is 1. The molecule has 0 aliphatic rings. The number of anilines is 2. The van der Waals surface area contributed by atoms with Crippen LogP contribution in [-0.2, 0) is 6.54 Å². The number of benzene rings is 2. The molecular formula is C20H19BrN4O. The van der Waals surface area contributed by atoms with Crippen molar-refractivity contribution in [1.29, 1.82) is 0 Å². The predicted molar refractivity (Wildman–Crippen MR) is 109 cm³/mol. The van der Waals surface area contributed by atoms with E-state index in [1.807, 2.05) is 61.5 Å². The number of nitrogens with two attached hydrogens (primary N) is 1. The summed E-state index contributed by atoms with van der Waals surface area (Å²) in [5.74, 6) is 0. The van der Waals surface area contributed by atoms with Gasteiger partial charge in [0.25, 0.3) is 0 Å². The van der Waals surface area contributed by atoms with E-state index in [1.165, 1.54) is 0 Å². The van der Waals surface area contributed by atoms with Gasteiger partial charge in [0.05, 0.1) is 0 Å². The topological polar surface area (TPSA) is 80.0 Å². The van der Waals surface area contributed by atoms with Gasteiger partial charge in [-0.25, -0.2) is 4.79 Å². The Labute approximate surface area is 160 Å². The van der Waals surface area contributed by atoms with Crippen molar-refractivity contribution in [3.8, 4) is 11.1 Å². The lowest BCUT2D eigenvalue weighted by atomic mass is 10.1. The molecule has 0 saturated heterocycles. The van der Waals surface area contributed by atoms with Gasteiger partial charge in [-0.3, -0.25) is 4.98 Å². The van der Waals surface area contributed by atoms with Gasteiger partial charge in [-0.1, -0.05) is 34.1 Å². The van der Waals surface area contributed by atoms with Gasteiger partial charge in [-0.05, 0) is 60.0 Å². The Morgan fingerprint density at radius 2 is 1.81 bits per heavy atom. The fourth-order valence-corrected chi connectivity index (χ4v) is 2.96. The Morgan fingerprint density at radius 3 is 2.50 bits per heavy atom. The normalized spacial score (nSPS) is 10.4. The van der Waals surface area contributed by atoms with Crippen LogP contribution in [0.2, 0.25) is 0 Å². The highest BCUT2D eigenvalue weighted by Crippen LogP contribution is 2.23. The van der Waals surface area contributed by atoms with Crippen molar-refractivity contribution in [2.24, 2.45) is 5.73 Å². The van der Waals surface area contributed by atoms with Crippen LogP contribution >= 0.6 is 15.9 Å². The summed E-state index contributed by atoms with van der Waals surface area (Å²) in [5.41, 5.74) is 11.1. The average molecular weight is 411 g/mol. The number of halogens is 1. The molecule has 0 aliphatic heterocycles. The number of carbonyl (C=O) groups is 1. The Hall–Kier alpha value is -2.70. The molecule has 1 heterocycles. The van der Waals surface area contributed by atoms with Crippen LogP contribution in [0.15, 0.2) is 65.3 Å². The van der Waals surface area contributed by atoms with E-state index in [2.05, 4.69) is 31.5 Å². The number of urea groups is 1. The number of nitrogens with zero attached hydrogens (tertiary/aromatic N) is 1. The van der Waals surface area contributed by atoms with Crippen LogP contribution in [0, 0.1) is 6.92 Å². The summed E-state index contributed by atoms with van der Waals surface area (Å²) in [6.07, 6.45) is 1.79. The van der Waals surface area contributed by atoms with Crippen molar-refractivity contribution >= 4 is 33.3 Å². The molecule has 0 spiro atoms. The third-order valence-electron chi connectivity index (χ3n) is 3.91. The first-order valence-corrected chi connectivity index (χ1v) is 8.94. The lowest BCUT2D eigenvalue weighted by Crippen LogP contribution is -2.20. The van der Waals surface area contributed by atoms with Crippen molar-refractivity contribution in [2.45, 2.75) is 13.5 Å². The SMILES string of the molecule is Cc1cc(-c2ccc(NC(=O)Nc3cc(Br)ccc3CN)cc2)ccn1. The van der Waals surface area contributed by atoms with Gasteiger partial charge in [-0.2, -0.15) is 0 Å². The Bertz CT molecular complexity index is 925. The summed E-state index contributed by atoms with van der Waals surface area (Å²) < 4.78 is 0.877. The maximum absolute atomic E-state index is 12.3. The Balaban J connectivity index is 1.69. The Morgan fingerprint density at radius 1 is 1.04 bits per heavy atom. The molecule has 0 unspecified atom stereocenters. The van der Waals surface area contributed by atoms with Gasteiger partial charge in [0.2, 0.25) is 0 Å². The number of hydrogen-bond donors (Lipinski definition) is 3. The van der Waals surface area contributed by atoms with Crippen LogP contribution in [0.25, 0.3) is 11.1 Å². The molecule has 1 aromatic heterocycles. The zero-order chi connectivity index (χ0) is 18.5. The minimum absolute atomic E-state index is 0.315. The number of rotatable bonds is 4. The molecule has 0 fully saturated rings. The minimum atomic E-state index is -0.315. The second kappa shape index (κ2) is 8.12. The maximum atomic E-state index is 12.3. The molecule has 0 atom stereocenters. The van der Waals surface area contributed by atoms with E-state index in [9.17, 15) is 4.79 Å². The Kier molecular flexibility index (Phi) is 5.65. The lowest BCUT2D eigenvalue weighted by molar-refractivity contribution is 0.262. The van der Waals surface area contributed by atoms with Gasteiger partial charge in [0.1, 0.15) is 0 Å². The smallest absolute Gasteiger partial charge is 0.323 e. The van der Waals surface area contributed by atoms with Crippen LogP contribution < -0.4 is 16.4 Å². The van der Waals surface area contributed by atoms with Crippen molar-refractivity contribution in [3.63, 3.8) is 0 Å². The monoisotopic (exact) mass is 410 g/mol. The molecular weight excluding hydrogens is 392 g/mol. The summed E-state index contributed by atoms with van der Waals surface area (Å²) in [7, 11) is 0. The van der Waals surface area contributed by atoms with Crippen molar-refractivity contribution < 1.29 is 4.79 Å². The molecule has 0 radical (unpaired) electrons. The highest BCUT2D eigenvalue weighted by molar-refractivity contribution is 9.10. The first kappa shape index (κ1) is 18.1. The van der Waals surface area contributed by atoms with Crippen molar-refractivity contribution in [2.75, 3.05) is 10.6 Å². The number of carbonyl (C=O) groups excluding carboxylic acids is 1. The van der Waals surface area contributed by atoms with E-state index in [1.54, 1.807) is 6.20 Å². The van der Waals surface area contributed by atoms with E-state index >= 15 is 0 Å². The third kappa shape index (κ3) is 4.47. The van der Waals surface area contributed by atoms with Gasteiger partial charge in [0, 0.05) is 34.3 Å². The molecule has 132 valence electrons. The standard InChI is InChI=1S/C20H19BrN4O/c1-13-10-15(8-9-23-13)14-3-6-18(7-4-14)24-20(26)25-19-11-17(21)5-2-16(19)12-22/h2-11H,12,22H2,1H3,(H2,24,25,26). The van der Waals surface area contributed by atoms with Gasteiger partial charge in [0.15, 0.2) is 0 Å². The van der Waals surface area contributed by atoms with Crippen LogP contribution in [-0.4, -0.2) is 11.0 Å². The van der Waals surface area contributed by atoms with E-state index in [0.717, 1.165) is 26.9 Å². The first-order chi connectivity index (χ1) is 12.5. The molecule has 0 bridgehead atoms. The molecule has 26 heavy (non-hydrogen) atoms. The molecule has 2 aromatic carbocycles. The summed E-state index contributed by atoms with van der Waals surface area (Å²) in [6, 6.07) is 17.0. The zero-order valence-corrected chi connectivity index (χ0v) is 15.9. The zero-order valence-electron chi connectivity index (χ0n) is 14.3. The highest BCUT2D eigenvalue weighted by Gasteiger charge is 2.07. The van der Waals surface area contributed by atoms with E-state index in [-0.39, 0.29) is 6.03 Å². The number of aromatic nitrogens is 1. The molecule has 4 N–H and O–H groups in total. The quantitative estimate of drug-likeness (QED) is 0.570. The van der Waals surface area contributed by atoms with Crippen LogP contribution in [0.5, 0.6) is 0 Å². The van der Waals surface area contributed by atoms with Gasteiger partial charge < -0.3 is 16.4 Å². The fraction of sp³-hybridized carbons (Fsp3) is 0.100. The molecule has 5 nitrogen and oxygen atoms in total. The molecule has 0 aliphatic carbocycles. The molecule has 6 heteroatoms. The number of amides is 2. The van der Waals surface area contributed by atoms with Gasteiger partial charge in [-0.15, -0.1) is 0 Å². The predicted octanol–water partition coefficient (Wildman–Crippen LogP) is 4.92. The summed E-state index contributed by atoms with van der Waals surface area (Å²) in [4.78, 5) is 16.5. The summed E-state index contributed by atoms with van der Waals surface area (Å²) in [6.45, 7) is 2.31. The minimum Gasteiger partial charge on any atom is -0.326 e. The third-order valence-corrected chi connectivity index (χ3v) is 4.41.